The van der Waals surface area contributed by atoms with Gasteiger partial charge in [0.1, 0.15) is 0 Å². The van der Waals surface area contributed by atoms with Crippen LogP contribution < -0.4 is 0 Å². The molecule has 0 aliphatic heterocycles. The predicted octanol–water partition coefficient (Wildman–Crippen LogP) is 2.20. The van der Waals surface area contributed by atoms with Gasteiger partial charge in [-0.1, -0.05) is 26.2 Å². The molecule has 0 aromatic heterocycles. The fraction of sp³-hybridized carbons (Fsp3) is 1.00. The van der Waals surface area contributed by atoms with E-state index >= 15 is 0 Å². The molecule has 0 rings (SSSR count). The highest BCUT2D eigenvalue weighted by atomic mass is 16.7. The van der Waals surface area contributed by atoms with Crippen LogP contribution >= 0.6 is 0 Å². The van der Waals surface area contributed by atoms with Crippen molar-refractivity contribution in [3.05, 3.63) is 0 Å². The van der Waals surface area contributed by atoms with Gasteiger partial charge in [-0.15, -0.1) is 0 Å². The van der Waals surface area contributed by atoms with Crippen molar-refractivity contribution in [3.63, 3.8) is 0 Å². The zero-order chi connectivity index (χ0) is 9.94. The summed E-state index contributed by atoms with van der Waals surface area (Å²) in [7, 11) is 3.24. The van der Waals surface area contributed by atoms with Crippen molar-refractivity contribution in [3.8, 4) is 0 Å². The lowest BCUT2D eigenvalue weighted by Gasteiger charge is -2.13. The van der Waals surface area contributed by atoms with Crippen molar-refractivity contribution in [1.82, 2.24) is 0 Å². The second kappa shape index (κ2) is 9.96. The summed E-state index contributed by atoms with van der Waals surface area (Å²) >= 11 is 0. The maximum absolute atomic E-state index is 5.37. The summed E-state index contributed by atoms with van der Waals surface area (Å²) in [4.78, 5) is 0. The maximum atomic E-state index is 5.37. The molecule has 13 heavy (non-hydrogen) atoms. The third-order valence-electron chi connectivity index (χ3n) is 1.92. The summed E-state index contributed by atoms with van der Waals surface area (Å²) in [5.41, 5.74) is 0. The molecule has 0 unspecified atom stereocenters. The topological polar surface area (TPSA) is 27.7 Å². The number of unbranched alkanes of at least 4 members (excludes halogenated alkanes) is 3. The molecule has 0 aliphatic rings. The Morgan fingerprint density at radius 2 is 1.69 bits per heavy atom. The lowest BCUT2D eigenvalue weighted by Crippen LogP contribution is -2.20. The van der Waals surface area contributed by atoms with Crippen LogP contribution in [0.1, 0.15) is 32.6 Å². The van der Waals surface area contributed by atoms with Crippen molar-refractivity contribution in [2.75, 3.05) is 27.4 Å². The van der Waals surface area contributed by atoms with Crippen molar-refractivity contribution < 1.29 is 14.2 Å². The summed E-state index contributed by atoms with van der Waals surface area (Å²) in [5.74, 6) is 0. The van der Waals surface area contributed by atoms with Crippen molar-refractivity contribution in [2.24, 2.45) is 0 Å². The molecule has 0 saturated heterocycles. The molecule has 0 aromatic carbocycles. The van der Waals surface area contributed by atoms with Crippen LogP contribution in [0.5, 0.6) is 0 Å². The van der Waals surface area contributed by atoms with Gasteiger partial charge in [-0.05, 0) is 6.42 Å². The quantitative estimate of drug-likeness (QED) is 0.412. The van der Waals surface area contributed by atoms with E-state index < -0.39 is 0 Å². The molecule has 0 aliphatic carbocycles. The van der Waals surface area contributed by atoms with Crippen LogP contribution in [-0.4, -0.2) is 33.7 Å². The fourth-order valence-electron chi connectivity index (χ4n) is 1.04. The van der Waals surface area contributed by atoms with E-state index in [1.165, 1.54) is 19.3 Å². The van der Waals surface area contributed by atoms with E-state index in [-0.39, 0.29) is 6.29 Å². The predicted molar refractivity (Wildman–Crippen MR) is 52.8 cm³/mol. The molecule has 0 amide bonds. The number of hydrogen-bond acceptors (Lipinski definition) is 3. The summed E-state index contributed by atoms with van der Waals surface area (Å²) in [6.45, 7) is 3.54. The summed E-state index contributed by atoms with van der Waals surface area (Å²) < 4.78 is 15.3. The van der Waals surface area contributed by atoms with Gasteiger partial charge >= 0.3 is 0 Å². The molecule has 3 nitrogen and oxygen atoms in total. The average molecular weight is 190 g/mol. The smallest absolute Gasteiger partial charge is 0.180 e. The van der Waals surface area contributed by atoms with Gasteiger partial charge in [0, 0.05) is 20.8 Å². The lowest BCUT2D eigenvalue weighted by atomic mass is 10.2. The van der Waals surface area contributed by atoms with Crippen LogP contribution in [0.25, 0.3) is 0 Å². The van der Waals surface area contributed by atoms with Gasteiger partial charge in [-0.3, -0.25) is 0 Å². The van der Waals surface area contributed by atoms with E-state index in [0.717, 1.165) is 13.0 Å². The van der Waals surface area contributed by atoms with Crippen LogP contribution in [0.2, 0.25) is 0 Å². The SMILES string of the molecule is CCCCCCOCC(OC)OC. The molecule has 0 spiro atoms. The third kappa shape index (κ3) is 8.22. The molecular formula is C10H22O3. The first-order valence-corrected chi connectivity index (χ1v) is 4.98. The van der Waals surface area contributed by atoms with Gasteiger partial charge in [0.2, 0.25) is 0 Å². The van der Waals surface area contributed by atoms with E-state index in [1.807, 2.05) is 0 Å². The molecule has 0 bridgehead atoms. The fourth-order valence-corrected chi connectivity index (χ4v) is 1.04. The highest BCUT2D eigenvalue weighted by Crippen LogP contribution is 2.00. The second-order valence-electron chi connectivity index (χ2n) is 3.04. The van der Waals surface area contributed by atoms with E-state index in [4.69, 9.17) is 14.2 Å². The Kier molecular flexibility index (Phi) is 9.87. The number of rotatable bonds is 9. The molecule has 0 aromatic rings. The number of hydrogen-bond donors (Lipinski definition) is 0. The zero-order valence-corrected chi connectivity index (χ0v) is 9.04. The molecule has 0 heterocycles. The molecule has 80 valence electrons. The van der Waals surface area contributed by atoms with Gasteiger partial charge < -0.3 is 14.2 Å². The van der Waals surface area contributed by atoms with Crippen molar-refractivity contribution in [2.45, 2.75) is 38.9 Å². The van der Waals surface area contributed by atoms with E-state index in [2.05, 4.69) is 6.92 Å². The van der Waals surface area contributed by atoms with Crippen molar-refractivity contribution in [1.29, 1.82) is 0 Å². The minimum atomic E-state index is -0.217. The van der Waals surface area contributed by atoms with E-state index in [9.17, 15) is 0 Å². The summed E-state index contributed by atoms with van der Waals surface area (Å²) in [6, 6.07) is 0. The monoisotopic (exact) mass is 190 g/mol. The molecule has 0 radical (unpaired) electrons. The molecule has 3 heteroatoms. The van der Waals surface area contributed by atoms with Crippen LogP contribution in [0.3, 0.4) is 0 Å². The van der Waals surface area contributed by atoms with Crippen LogP contribution in [0.15, 0.2) is 0 Å². The third-order valence-corrected chi connectivity index (χ3v) is 1.92. The molecular weight excluding hydrogens is 168 g/mol. The Morgan fingerprint density at radius 3 is 2.23 bits per heavy atom. The van der Waals surface area contributed by atoms with Crippen molar-refractivity contribution >= 4 is 0 Å². The molecule has 0 fully saturated rings. The van der Waals surface area contributed by atoms with Crippen LogP contribution in [0, 0.1) is 0 Å². The zero-order valence-electron chi connectivity index (χ0n) is 9.04. The Morgan fingerprint density at radius 1 is 1.00 bits per heavy atom. The molecule has 0 atom stereocenters. The van der Waals surface area contributed by atoms with Gasteiger partial charge in [0.25, 0.3) is 0 Å². The lowest BCUT2D eigenvalue weighted by molar-refractivity contribution is -0.140. The Hall–Kier alpha value is -0.120. The highest BCUT2D eigenvalue weighted by molar-refractivity contribution is 4.42. The van der Waals surface area contributed by atoms with Gasteiger partial charge in [-0.2, -0.15) is 0 Å². The van der Waals surface area contributed by atoms with Gasteiger partial charge in [-0.25, -0.2) is 0 Å². The Bertz CT molecular complexity index is 92.2. The maximum Gasteiger partial charge on any atom is 0.180 e. The van der Waals surface area contributed by atoms with Gasteiger partial charge in [0.15, 0.2) is 6.29 Å². The molecule has 0 saturated carbocycles. The number of ether oxygens (including phenoxy) is 3. The summed E-state index contributed by atoms with van der Waals surface area (Å²) in [5, 5.41) is 0. The average Bonchev–Trinajstić information content (AvgIpc) is 2.17. The normalized spacial score (nSPS) is 11.1. The highest BCUT2D eigenvalue weighted by Gasteiger charge is 2.03. The first-order chi connectivity index (χ1) is 6.35. The summed E-state index contributed by atoms with van der Waals surface area (Å²) in [6.07, 6.45) is 4.72. The first-order valence-electron chi connectivity index (χ1n) is 4.98. The molecule has 0 N–H and O–H groups in total. The second-order valence-corrected chi connectivity index (χ2v) is 3.04. The standard InChI is InChI=1S/C10H22O3/c1-4-5-6-7-8-13-9-10(11-2)12-3/h10H,4-9H2,1-3H3. The van der Waals surface area contributed by atoms with Gasteiger partial charge in [0.05, 0.1) is 6.61 Å². The minimum absolute atomic E-state index is 0.217. The Balaban J connectivity index is 3.05. The van der Waals surface area contributed by atoms with E-state index in [0.29, 0.717) is 6.61 Å². The largest absolute Gasteiger partial charge is 0.376 e. The minimum Gasteiger partial charge on any atom is -0.376 e. The Labute approximate surface area is 81.4 Å². The first kappa shape index (κ1) is 12.9. The number of methoxy groups -OCH3 is 2. The van der Waals surface area contributed by atoms with Crippen LogP contribution in [0.4, 0.5) is 0 Å². The van der Waals surface area contributed by atoms with E-state index in [1.54, 1.807) is 14.2 Å². The van der Waals surface area contributed by atoms with Crippen LogP contribution in [-0.2, 0) is 14.2 Å².